The molecule has 0 spiro atoms. The first-order chi connectivity index (χ1) is 13.0. The summed E-state index contributed by atoms with van der Waals surface area (Å²) in [6.45, 7) is 11.9. The number of benzene rings is 2. The van der Waals surface area contributed by atoms with E-state index in [2.05, 4.69) is 62.6 Å². The lowest BCUT2D eigenvalue weighted by atomic mass is 10.1. The first-order valence-corrected chi connectivity index (χ1v) is 9.96. The van der Waals surface area contributed by atoms with Crippen LogP contribution in [0.25, 0.3) is 0 Å². The van der Waals surface area contributed by atoms with E-state index in [-0.39, 0.29) is 0 Å². The second kappa shape index (κ2) is 11.4. The van der Waals surface area contributed by atoms with E-state index >= 15 is 0 Å². The van der Waals surface area contributed by atoms with Crippen molar-refractivity contribution >= 4 is 11.4 Å². The van der Waals surface area contributed by atoms with Crippen molar-refractivity contribution in [3.63, 3.8) is 0 Å². The van der Waals surface area contributed by atoms with Crippen molar-refractivity contribution in [2.24, 2.45) is 11.8 Å². The van der Waals surface area contributed by atoms with Gasteiger partial charge in [0.15, 0.2) is 0 Å². The molecule has 0 radical (unpaired) electrons. The summed E-state index contributed by atoms with van der Waals surface area (Å²) in [5.41, 5.74) is 2.20. The van der Waals surface area contributed by atoms with Gasteiger partial charge in [-0.15, -0.1) is 0 Å². The summed E-state index contributed by atoms with van der Waals surface area (Å²) in [6, 6.07) is 16.3. The lowest BCUT2D eigenvalue weighted by molar-refractivity contribution is 0.271. The molecule has 0 bridgehead atoms. The largest absolute Gasteiger partial charge is 0.494 e. The highest BCUT2D eigenvalue weighted by atomic mass is 16.5. The molecule has 0 atom stereocenters. The van der Waals surface area contributed by atoms with Crippen molar-refractivity contribution in [1.29, 1.82) is 0 Å². The quantitative estimate of drug-likeness (QED) is 0.472. The fraction of sp³-hybridized carbons (Fsp3) is 0.478. The molecule has 2 aromatic rings. The third-order valence-electron chi connectivity index (χ3n) is 4.04. The van der Waals surface area contributed by atoms with E-state index in [1.807, 2.05) is 24.3 Å². The summed E-state index contributed by atoms with van der Waals surface area (Å²) >= 11 is 0. The number of nitrogens with one attached hydrogen (secondary N) is 2. The predicted octanol–water partition coefficient (Wildman–Crippen LogP) is 5.67. The standard InChI is InChI=1S/C23H34N2O2/c1-18(2)13-16-26-22-9-5-20(6-10-22)24-14-15-25-21-7-11-23(12-8-21)27-17-19(3)4/h5-12,18-19,24-25H,13-17H2,1-4H3. The number of anilines is 2. The van der Waals surface area contributed by atoms with E-state index in [4.69, 9.17) is 9.47 Å². The zero-order valence-electron chi connectivity index (χ0n) is 17.1. The smallest absolute Gasteiger partial charge is 0.119 e. The first-order valence-electron chi connectivity index (χ1n) is 9.96. The molecule has 2 rings (SSSR count). The van der Waals surface area contributed by atoms with Gasteiger partial charge in [0.1, 0.15) is 11.5 Å². The van der Waals surface area contributed by atoms with Gasteiger partial charge in [-0.05, 0) is 66.8 Å². The molecule has 2 aromatic carbocycles. The molecular weight excluding hydrogens is 336 g/mol. The summed E-state index contributed by atoms with van der Waals surface area (Å²) in [6.07, 6.45) is 1.08. The monoisotopic (exact) mass is 370 g/mol. The fourth-order valence-electron chi connectivity index (χ4n) is 2.43. The Bertz CT molecular complexity index is 636. The van der Waals surface area contributed by atoms with E-state index in [9.17, 15) is 0 Å². The van der Waals surface area contributed by atoms with Crippen LogP contribution in [0, 0.1) is 11.8 Å². The second-order valence-electron chi connectivity index (χ2n) is 7.64. The van der Waals surface area contributed by atoms with Crippen molar-refractivity contribution in [3.05, 3.63) is 48.5 Å². The van der Waals surface area contributed by atoms with E-state index in [0.717, 1.165) is 55.6 Å². The van der Waals surface area contributed by atoms with Gasteiger partial charge in [0, 0.05) is 24.5 Å². The third kappa shape index (κ3) is 8.72. The lowest BCUT2D eigenvalue weighted by Crippen LogP contribution is -2.13. The van der Waals surface area contributed by atoms with E-state index in [0.29, 0.717) is 11.8 Å². The van der Waals surface area contributed by atoms with Crippen molar-refractivity contribution in [3.8, 4) is 11.5 Å². The molecule has 0 aromatic heterocycles. The Morgan fingerprint density at radius 1 is 0.667 bits per heavy atom. The van der Waals surface area contributed by atoms with Gasteiger partial charge in [-0.2, -0.15) is 0 Å². The summed E-state index contributed by atoms with van der Waals surface area (Å²) in [7, 11) is 0. The van der Waals surface area contributed by atoms with Crippen LogP contribution in [-0.2, 0) is 0 Å². The van der Waals surface area contributed by atoms with Gasteiger partial charge in [-0.25, -0.2) is 0 Å². The number of ether oxygens (including phenoxy) is 2. The molecule has 0 heterocycles. The average molecular weight is 371 g/mol. The molecule has 0 amide bonds. The third-order valence-corrected chi connectivity index (χ3v) is 4.04. The van der Waals surface area contributed by atoms with Crippen molar-refractivity contribution in [1.82, 2.24) is 0 Å². The maximum absolute atomic E-state index is 5.74. The molecule has 0 fully saturated rings. The van der Waals surface area contributed by atoms with Crippen LogP contribution in [0.15, 0.2) is 48.5 Å². The highest BCUT2D eigenvalue weighted by molar-refractivity contribution is 5.48. The maximum atomic E-state index is 5.74. The lowest BCUT2D eigenvalue weighted by Gasteiger charge is -2.12. The Hall–Kier alpha value is -2.36. The van der Waals surface area contributed by atoms with E-state index in [1.54, 1.807) is 0 Å². The van der Waals surface area contributed by atoms with Crippen molar-refractivity contribution in [2.45, 2.75) is 34.1 Å². The summed E-state index contributed by atoms with van der Waals surface area (Å²) < 4.78 is 11.4. The molecule has 0 aliphatic carbocycles. The molecule has 0 saturated heterocycles. The van der Waals surface area contributed by atoms with Crippen LogP contribution in [0.1, 0.15) is 34.1 Å². The van der Waals surface area contributed by atoms with Gasteiger partial charge in [-0.1, -0.05) is 27.7 Å². The second-order valence-corrected chi connectivity index (χ2v) is 7.64. The highest BCUT2D eigenvalue weighted by Gasteiger charge is 1.99. The van der Waals surface area contributed by atoms with Crippen LogP contribution >= 0.6 is 0 Å². The fourth-order valence-corrected chi connectivity index (χ4v) is 2.43. The minimum absolute atomic E-state index is 0.537. The Labute approximate surface area is 164 Å². The molecule has 0 aliphatic heterocycles. The molecule has 0 unspecified atom stereocenters. The maximum Gasteiger partial charge on any atom is 0.119 e. The topological polar surface area (TPSA) is 42.5 Å². The molecule has 2 N–H and O–H groups in total. The van der Waals surface area contributed by atoms with E-state index in [1.165, 1.54) is 0 Å². The van der Waals surface area contributed by atoms with Crippen LogP contribution in [0.4, 0.5) is 11.4 Å². The number of rotatable bonds is 12. The molecule has 0 aliphatic rings. The van der Waals surface area contributed by atoms with Crippen LogP contribution < -0.4 is 20.1 Å². The Kier molecular flexibility index (Phi) is 8.82. The average Bonchev–Trinajstić information content (AvgIpc) is 2.65. The molecule has 4 nitrogen and oxygen atoms in total. The number of hydrogen-bond acceptors (Lipinski definition) is 4. The molecule has 148 valence electrons. The van der Waals surface area contributed by atoms with Gasteiger partial charge in [-0.3, -0.25) is 0 Å². The molecular formula is C23H34N2O2. The van der Waals surface area contributed by atoms with Crippen molar-refractivity contribution in [2.75, 3.05) is 36.9 Å². The SMILES string of the molecule is CC(C)CCOc1ccc(NCCNc2ccc(OCC(C)C)cc2)cc1. The minimum Gasteiger partial charge on any atom is -0.494 e. The zero-order valence-corrected chi connectivity index (χ0v) is 17.1. The van der Waals surface area contributed by atoms with Gasteiger partial charge in [0.05, 0.1) is 13.2 Å². The van der Waals surface area contributed by atoms with Gasteiger partial charge in [0.25, 0.3) is 0 Å². The van der Waals surface area contributed by atoms with Gasteiger partial charge >= 0.3 is 0 Å². The van der Waals surface area contributed by atoms with Crippen LogP contribution in [0.5, 0.6) is 11.5 Å². The normalized spacial score (nSPS) is 10.9. The summed E-state index contributed by atoms with van der Waals surface area (Å²) in [5, 5.41) is 6.83. The Morgan fingerprint density at radius 2 is 1.15 bits per heavy atom. The zero-order chi connectivity index (χ0) is 19.5. The Balaban J connectivity index is 1.64. The van der Waals surface area contributed by atoms with Crippen LogP contribution in [0.3, 0.4) is 0 Å². The number of hydrogen-bond donors (Lipinski definition) is 2. The highest BCUT2D eigenvalue weighted by Crippen LogP contribution is 2.17. The van der Waals surface area contributed by atoms with E-state index < -0.39 is 0 Å². The first kappa shape index (κ1) is 20.9. The minimum atomic E-state index is 0.537. The van der Waals surface area contributed by atoms with Crippen LogP contribution in [0.2, 0.25) is 0 Å². The van der Waals surface area contributed by atoms with Crippen molar-refractivity contribution < 1.29 is 9.47 Å². The predicted molar refractivity (Wildman–Crippen MR) is 115 cm³/mol. The summed E-state index contributed by atoms with van der Waals surface area (Å²) in [5.74, 6) is 3.05. The van der Waals surface area contributed by atoms with Gasteiger partial charge < -0.3 is 20.1 Å². The van der Waals surface area contributed by atoms with Gasteiger partial charge in [0.2, 0.25) is 0 Å². The molecule has 0 saturated carbocycles. The summed E-state index contributed by atoms with van der Waals surface area (Å²) in [4.78, 5) is 0. The van der Waals surface area contributed by atoms with Crippen LogP contribution in [-0.4, -0.2) is 26.3 Å². The molecule has 4 heteroatoms. The molecule has 27 heavy (non-hydrogen) atoms. The Morgan fingerprint density at radius 3 is 1.59 bits per heavy atom.